The minimum atomic E-state index is 0.579. The first kappa shape index (κ1) is 11.6. The molecule has 0 nitrogen and oxygen atoms in total. The van der Waals surface area contributed by atoms with Crippen molar-refractivity contribution in [3.63, 3.8) is 0 Å². The zero-order valence-corrected chi connectivity index (χ0v) is 10.7. The molecule has 2 aromatic rings. The van der Waals surface area contributed by atoms with Crippen LogP contribution in [0, 0.1) is 6.92 Å². The molecular formula is C14H13ClS. The molecule has 0 saturated heterocycles. The standard InChI is InChI=1S/C14H13ClS/c1-11-2-6-13(7-3-11)16-14-8-4-12(10-15)5-9-14/h2-9H,10H2,1H3. The fourth-order valence-corrected chi connectivity index (χ4v) is 2.38. The monoisotopic (exact) mass is 248 g/mol. The molecule has 0 radical (unpaired) electrons. The molecule has 2 rings (SSSR count). The summed E-state index contributed by atoms with van der Waals surface area (Å²) in [6, 6.07) is 16.9. The highest BCUT2D eigenvalue weighted by Crippen LogP contribution is 2.27. The number of rotatable bonds is 3. The number of hydrogen-bond donors (Lipinski definition) is 0. The molecule has 0 fully saturated rings. The fraction of sp³-hybridized carbons (Fsp3) is 0.143. The van der Waals surface area contributed by atoms with Crippen LogP contribution in [0.15, 0.2) is 58.3 Å². The molecule has 0 N–H and O–H groups in total. The molecule has 2 heteroatoms. The van der Waals surface area contributed by atoms with Crippen LogP contribution in [0.3, 0.4) is 0 Å². The summed E-state index contributed by atoms with van der Waals surface area (Å²) in [6.07, 6.45) is 0. The Kier molecular flexibility index (Phi) is 3.92. The Morgan fingerprint density at radius 3 is 1.88 bits per heavy atom. The molecule has 0 bridgehead atoms. The van der Waals surface area contributed by atoms with E-state index in [1.165, 1.54) is 15.4 Å². The first-order valence-electron chi connectivity index (χ1n) is 5.17. The van der Waals surface area contributed by atoms with E-state index >= 15 is 0 Å². The Morgan fingerprint density at radius 1 is 0.875 bits per heavy atom. The maximum Gasteiger partial charge on any atom is 0.0474 e. The molecule has 0 aromatic heterocycles. The predicted molar refractivity (Wildman–Crippen MR) is 71.3 cm³/mol. The molecule has 0 amide bonds. The van der Waals surface area contributed by atoms with Gasteiger partial charge < -0.3 is 0 Å². The minimum absolute atomic E-state index is 0.579. The Labute approximate surface area is 106 Å². The Hall–Kier alpha value is -0.920. The molecular weight excluding hydrogens is 236 g/mol. The van der Waals surface area contributed by atoms with Gasteiger partial charge in [0.2, 0.25) is 0 Å². The average Bonchev–Trinajstić information content (AvgIpc) is 2.33. The van der Waals surface area contributed by atoms with Crippen LogP contribution < -0.4 is 0 Å². The third kappa shape index (κ3) is 3.03. The summed E-state index contributed by atoms with van der Waals surface area (Å²) in [5.41, 5.74) is 2.46. The van der Waals surface area contributed by atoms with E-state index in [0.717, 1.165) is 5.56 Å². The molecule has 82 valence electrons. The van der Waals surface area contributed by atoms with Gasteiger partial charge in [-0.25, -0.2) is 0 Å². The molecule has 0 spiro atoms. The van der Waals surface area contributed by atoms with E-state index in [-0.39, 0.29) is 0 Å². The van der Waals surface area contributed by atoms with E-state index in [1.807, 2.05) is 0 Å². The van der Waals surface area contributed by atoms with Gasteiger partial charge in [-0.2, -0.15) is 0 Å². The molecule has 0 heterocycles. The van der Waals surface area contributed by atoms with Crippen molar-refractivity contribution >= 4 is 23.4 Å². The van der Waals surface area contributed by atoms with Crippen LogP contribution in [0.2, 0.25) is 0 Å². The van der Waals surface area contributed by atoms with Gasteiger partial charge >= 0.3 is 0 Å². The predicted octanol–water partition coefficient (Wildman–Crippen LogP) is 4.89. The lowest BCUT2D eigenvalue weighted by Gasteiger charge is -2.03. The Morgan fingerprint density at radius 2 is 1.38 bits per heavy atom. The van der Waals surface area contributed by atoms with E-state index < -0.39 is 0 Å². The van der Waals surface area contributed by atoms with Crippen molar-refractivity contribution in [2.45, 2.75) is 22.6 Å². The van der Waals surface area contributed by atoms with Gasteiger partial charge in [0.1, 0.15) is 0 Å². The van der Waals surface area contributed by atoms with Gasteiger partial charge in [0.05, 0.1) is 0 Å². The van der Waals surface area contributed by atoms with Crippen molar-refractivity contribution in [2.75, 3.05) is 0 Å². The number of aryl methyl sites for hydroxylation is 1. The van der Waals surface area contributed by atoms with Crippen LogP contribution in [0.4, 0.5) is 0 Å². The van der Waals surface area contributed by atoms with Gasteiger partial charge in [0, 0.05) is 15.7 Å². The maximum absolute atomic E-state index is 5.75. The molecule has 0 atom stereocenters. The second-order valence-corrected chi connectivity index (χ2v) is 5.11. The van der Waals surface area contributed by atoms with Gasteiger partial charge in [0.25, 0.3) is 0 Å². The fourth-order valence-electron chi connectivity index (χ4n) is 1.39. The molecule has 2 aromatic carbocycles. The second kappa shape index (κ2) is 5.42. The van der Waals surface area contributed by atoms with Crippen molar-refractivity contribution in [2.24, 2.45) is 0 Å². The summed E-state index contributed by atoms with van der Waals surface area (Å²) in [4.78, 5) is 2.52. The zero-order valence-electron chi connectivity index (χ0n) is 9.11. The SMILES string of the molecule is Cc1ccc(Sc2ccc(CCl)cc2)cc1. The van der Waals surface area contributed by atoms with Crippen LogP contribution >= 0.6 is 23.4 Å². The minimum Gasteiger partial charge on any atom is -0.122 e. The van der Waals surface area contributed by atoms with Gasteiger partial charge in [-0.05, 0) is 36.8 Å². The number of alkyl halides is 1. The van der Waals surface area contributed by atoms with Crippen LogP contribution in [-0.4, -0.2) is 0 Å². The molecule has 0 aliphatic rings. The molecule has 0 saturated carbocycles. The first-order valence-corrected chi connectivity index (χ1v) is 6.52. The lowest BCUT2D eigenvalue weighted by atomic mass is 10.2. The summed E-state index contributed by atoms with van der Waals surface area (Å²) in [5, 5.41) is 0. The second-order valence-electron chi connectivity index (χ2n) is 3.69. The molecule has 0 aliphatic heterocycles. The van der Waals surface area contributed by atoms with E-state index in [0.29, 0.717) is 5.88 Å². The summed E-state index contributed by atoms with van der Waals surface area (Å²) >= 11 is 7.52. The van der Waals surface area contributed by atoms with Crippen LogP contribution in [0.5, 0.6) is 0 Å². The Balaban J connectivity index is 2.11. The highest BCUT2D eigenvalue weighted by atomic mass is 35.5. The molecule has 16 heavy (non-hydrogen) atoms. The number of halogens is 1. The van der Waals surface area contributed by atoms with Crippen molar-refractivity contribution in [1.29, 1.82) is 0 Å². The molecule has 0 unspecified atom stereocenters. The van der Waals surface area contributed by atoms with E-state index in [1.54, 1.807) is 11.8 Å². The highest BCUT2D eigenvalue weighted by Gasteiger charge is 1.97. The van der Waals surface area contributed by atoms with E-state index in [2.05, 4.69) is 55.5 Å². The summed E-state index contributed by atoms with van der Waals surface area (Å²) < 4.78 is 0. The lowest BCUT2D eigenvalue weighted by molar-refractivity contribution is 1.32. The third-order valence-corrected chi connectivity index (χ3v) is 3.66. The number of benzene rings is 2. The number of hydrogen-bond acceptors (Lipinski definition) is 1. The normalized spacial score (nSPS) is 10.4. The maximum atomic E-state index is 5.75. The van der Waals surface area contributed by atoms with Gasteiger partial charge in [-0.3, -0.25) is 0 Å². The third-order valence-electron chi connectivity index (χ3n) is 2.33. The van der Waals surface area contributed by atoms with Gasteiger partial charge in [0.15, 0.2) is 0 Å². The van der Waals surface area contributed by atoms with E-state index in [9.17, 15) is 0 Å². The summed E-state index contributed by atoms with van der Waals surface area (Å²) in [5.74, 6) is 0.579. The lowest BCUT2D eigenvalue weighted by Crippen LogP contribution is -1.78. The first-order chi connectivity index (χ1) is 7.78. The molecule has 0 aliphatic carbocycles. The van der Waals surface area contributed by atoms with E-state index in [4.69, 9.17) is 11.6 Å². The van der Waals surface area contributed by atoms with Crippen LogP contribution in [-0.2, 0) is 5.88 Å². The quantitative estimate of drug-likeness (QED) is 0.698. The summed E-state index contributed by atoms with van der Waals surface area (Å²) in [6.45, 7) is 2.10. The highest BCUT2D eigenvalue weighted by molar-refractivity contribution is 7.99. The summed E-state index contributed by atoms with van der Waals surface area (Å²) in [7, 11) is 0. The topological polar surface area (TPSA) is 0 Å². The zero-order chi connectivity index (χ0) is 11.4. The Bertz CT molecular complexity index is 445. The van der Waals surface area contributed by atoms with Crippen molar-refractivity contribution in [1.82, 2.24) is 0 Å². The average molecular weight is 249 g/mol. The van der Waals surface area contributed by atoms with Crippen LogP contribution in [0.25, 0.3) is 0 Å². The van der Waals surface area contributed by atoms with Crippen molar-refractivity contribution < 1.29 is 0 Å². The van der Waals surface area contributed by atoms with Crippen LogP contribution in [0.1, 0.15) is 11.1 Å². The van der Waals surface area contributed by atoms with Gasteiger partial charge in [-0.1, -0.05) is 41.6 Å². The smallest absolute Gasteiger partial charge is 0.0474 e. The largest absolute Gasteiger partial charge is 0.122 e. The van der Waals surface area contributed by atoms with Gasteiger partial charge in [-0.15, -0.1) is 11.6 Å². The van der Waals surface area contributed by atoms with Crippen molar-refractivity contribution in [3.8, 4) is 0 Å². The van der Waals surface area contributed by atoms with Crippen molar-refractivity contribution in [3.05, 3.63) is 59.7 Å².